The molecule has 0 aliphatic heterocycles. The van der Waals surface area contributed by atoms with E-state index in [1.165, 1.54) is 0 Å². The summed E-state index contributed by atoms with van der Waals surface area (Å²) in [5.74, 6) is 0.587. The second kappa shape index (κ2) is 12.4. The largest absolute Gasteiger partial charge is 0.497 e. The third-order valence-corrected chi connectivity index (χ3v) is 3.69. The second-order valence-electron chi connectivity index (χ2n) is 5.73. The summed E-state index contributed by atoms with van der Waals surface area (Å²) in [6, 6.07) is 7.78. The number of benzene rings is 1. The van der Waals surface area contributed by atoms with Crippen LogP contribution in [0.3, 0.4) is 0 Å². The Morgan fingerprint density at radius 3 is 2.46 bits per heavy atom. The fraction of sp³-hybridized carbons (Fsp3) is 0.579. The van der Waals surface area contributed by atoms with E-state index in [2.05, 4.69) is 12.2 Å². The van der Waals surface area contributed by atoms with Crippen molar-refractivity contribution in [2.75, 3.05) is 20.3 Å². The molecule has 0 unspecified atom stereocenters. The molecule has 0 spiro atoms. The SMILES string of the molecule is CCCCCOC(=O)CCCC(=O)NCCc1ccc(OC)cc1. The number of nitrogens with one attached hydrogen (secondary N) is 1. The Morgan fingerprint density at radius 1 is 1.04 bits per heavy atom. The first-order chi connectivity index (χ1) is 11.7. The van der Waals surface area contributed by atoms with Crippen LogP contribution in [0.2, 0.25) is 0 Å². The topological polar surface area (TPSA) is 64.6 Å². The third kappa shape index (κ3) is 9.18. The minimum Gasteiger partial charge on any atom is -0.497 e. The van der Waals surface area contributed by atoms with E-state index in [0.29, 0.717) is 32.4 Å². The molecular formula is C19H29NO4. The van der Waals surface area contributed by atoms with Crippen molar-refractivity contribution in [1.29, 1.82) is 0 Å². The Hall–Kier alpha value is -2.04. The van der Waals surface area contributed by atoms with E-state index >= 15 is 0 Å². The maximum atomic E-state index is 11.7. The first-order valence-electron chi connectivity index (χ1n) is 8.71. The van der Waals surface area contributed by atoms with Gasteiger partial charge in [0, 0.05) is 19.4 Å². The van der Waals surface area contributed by atoms with E-state index in [-0.39, 0.29) is 11.9 Å². The summed E-state index contributed by atoms with van der Waals surface area (Å²) < 4.78 is 10.2. The zero-order valence-electron chi connectivity index (χ0n) is 14.8. The van der Waals surface area contributed by atoms with Gasteiger partial charge in [-0.15, -0.1) is 0 Å². The average Bonchev–Trinajstić information content (AvgIpc) is 2.59. The van der Waals surface area contributed by atoms with Crippen molar-refractivity contribution < 1.29 is 19.1 Å². The molecule has 0 atom stereocenters. The lowest BCUT2D eigenvalue weighted by molar-refractivity contribution is -0.143. The van der Waals surface area contributed by atoms with Gasteiger partial charge in [-0.25, -0.2) is 0 Å². The minimum absolute atomic E-state index is 0.0257. The molecule has 134 valence electrons. The molecule has 5 nitrogen and oxygen atoms in total. The standard InChI is InChI=1S/C19H29NO4/c1-3-4-5-15-24-19(22)8-6-7-18(21)20-14-13-16-9-11-17(23-2)12-10-16/h9-12H,3-8,13-15H2,1-2H3,(H,20,21). The number of hydrogen-bond donors (Lipinski definition) is 1. The van der Waals surface area contributed by atoms with Crippen molar-refractivity contribution in [2.45, 2.75) is 51.9 Å². The molecule has 0 saturated heterocycles. The molecule has 1 aromatic carbocycles. The first kappa shape index (κ1) is 20.0. The highest BCUT2D eigenvalue weighted by atomic mass is 16.5. The zero-order chi connectivity index (χ0) is 17.6. The highest BCUT2D eigenvalue weighted by Gasteiger charge is 2.06. The van der Waals surface area contributed by atoms with Gasteiger partial charge in [-0.05, 0) is 37.0 Å². The molecule has 1 amide bonds. The monoisotopic (exact) mass is 335 g/mol. The van der Waals surface area contributed by atoms with Crippen molar-refractivity contribution in [3.05, 3.63) is 29.8 Å². The number of unbranched alkanes of at least 4 members (excludes halogenated alkanes) is 2. The number of carbonyl (C=O) groups is 2. The molecule has 0 saturated carbocycles. The predicted molar refractivity (Wildman–Crippen MR) is 94.0 cm³/mol. The van der Waals surface area contributed by atoms with Gasteiger partial charge in [-0.2, -0.15) is 0 Å². The lowest BCUT2D eigenvalue weighted by Gasteiger charge is -2.07. The lowest BCUT2D eigenvalue weighted by Crippen LogP contribution is -2.25. The summed E-state index contributed by atoms with van der Waals surface area (Å²) >= 11 is 0. The quantitative estimate of drug-likeness (QED) is 0.470. The summed E-state index contributed by atoms with van der Waals surface area (Å²) in [4.78, 5) is 23.2. The smallest absolute Gasteiger partial charge is 0.305 e. The molecule has 0 fully saturated rings. The number of methoxy groups -OCH3 is 1. The molecule has 1 N–H and O–H groups in total. The lowest BCUT2D eigenvalue weighted by atomic mass is 10.1. The first-order valence-corrected chi connectivity index (χ1v) is 8.71. The van der Waals surface area contributed by atoms with Gasteiger partial charge in [-0.1, -0.05) is 31.9 Å². The summed E-state index contributed by atoms with van der Waals surface area (Å²) in [7, 11) is 1.64. The molecule has 0 aliphatic carbocycles. The Labute approximate surface area is 144 Å². The normalized spacial score (nSPS) is 10.2. The van der Waals surface area contributed by atoms with Crippen LogP contribution in [-0.2, 0) is 20.7 Å². The highest BCUT2D eigenvalue weighted by molar-refractivity contribution is 5.77. The third-order valence-electron chi connectivity index (χ3n) is 3.69. The molecule has 0 heterocycles. The average molecular weight is 335 g/mol. The van der Waals surface area contributed by atoms with Crippen molar-refractivity contribution in [2.24, 2.45) is 0 Å². The molecule has 24 heavy (non-hydrogen) atoms. The fourth-order valence-electron chi connectivity index (χ4n) is 2.23. The number of hydrogen-bond acceptors (Lipinski definition) is 4. The van der Waals surface area contributed by atoms with Gasteiger partial charge in [0.2, 0.25) is 5.91 Å². The van der Waals surface area contributed by atoms with Crippen molar-refractivity contribution in [3.8, 4) is 5.75 Å². The van der Waals surface area contributed by atoms with Crippen molar-refractivity contribution in [1.82, 2.24) is 5.32 Å². The minimum atomic E-state index is -0.211. The predicted octanol–water partition coefficient (Wildman–Crippen LogP) is 3.26. The molecule has 0 bridgehead atoms. The van der Waals surface area contributed by atoms with Crippen LogP contribution in [0.5, 0.6) is 5.75 Å². The van der Waals surface area contributed by atoms with Gasteiger partial charge in [0.25, 0.3) is 0 Å². The van der Waals surface area contributed by atoms with Crippen LogP contribution in [-0.4, -0.2) is 32.1 Å². The van der Waals surface area contributed by atoms with Crippen LogP contribution in [0.4, 0.5) is 0 Å². The van der Waals surface area contributed by atoms with Crippen LogP contribution in [0.1, 0.15) is 51.0 Å². The van der Waals surface area contributed by atoms with Gasteiger partial charge in [0.05, 0.1) is 13.7 Å². The Morgan fingerprint density at radius 2 is 1.79 bits per heavy atom. The van der Waals surface area contributed by atoms with E-state index < -0.39 is 0 Å². The van der Waals surface area contributed by atoms with E-state index in [0.717, 1.165) is 37.0 Å². The number of esters is 1. The van der Waals surface area contributed by atoms with Gasteiger partial charge in [0.1, 0.15) is 5.75 Å². The number of ether oxygens (including phenoxy) is 2. The molecule has 5 heteroatoms. The van der Waals surface area contributed by atoms with Gasteiger partial charge >= 0.3 is 5.97 Å². The Bertz CT molecular complexity index is 485. The van der Waals surface area contributed by atoms with Crippen molar-refractivity contribution in [3.63, 3.8) is 0 Å². The summed E-state index contributed by atoms with van der Waals surface area (Å²) in [5, 5.41) is 2.87. The van der Waals surface area contributed by atoms with Crippen LogP contribution in [0.25, 0.3) is 0 Å². The highest BCUT2D eigenvalue weighted by Crippen LogP contribution is 2.11. The van der Waals surface area contributed by atoms with Crippen LogP contribution in [0.15, 0.2) is 24.3 Å². The van der Waals surface area contributed by atoms with Gasteiger partial charge in [0.15, 0.2) is 0 Å². The fourth-order valence-corrected chi connectivity index (χ4v) is 2.23. The summed E-state index contributed by atoms with van der Waals surface area (Å²) in [6.45, 7) is 3.18. The van der Waals surface area contributed by atoms with Gasteiger partial charge < -0.3 is 14.8 Å². The Kier molecular flexibility index (Phi) is 10.3. The number of rotatable bonds is 12. The molecule has 1 rings (SSSR count). The number of carbonyl (C=O) groups excluding carboxylic acids is 2. The molecule has 1 aromatic rings. The number of amides is 1. The summed E-state index contributed by atoms with van der Waals surface area (Å²) in [5.41, 5.74) is 1.15. The van der Waals surface area contributed by atoms with E-state index in [9.17, 15) is 9.59 Å². The van der Waals surface area contributed by atoms with Crippen LogP contribution >= 0.6 is 0 Å². The molecule has 0 aliphatic rings. The molecule has 0 aromatic heterocycles. The molecule has 0 radical (unpaired) electrons. The van der Waals surface area contributed by atoms with E-state index in [4.69, 9.17) is 9.47 Å². The second-order valence-corrected chi connectivity index (χ2v) is 5.73. The maximum absolute atomic E-state index is 11.7. The summed E-state index contributed by atoms with van der Waals surface area (Å²) in [6.07, 6.45) is 5.05. The van der Waals surface area contributed by atoms with Crippen LogP contribution in [0, 0.1) is 0 Å². The Balaban J connectivity index is 2.06. The maximum Gasteiger partial charge on any atom is 0.305 e. The van der Waals surface area contributed by atoms with Crippen LogP contribution < -0.4 is 10.1 Å². The van der Waals surface area contributed by atoms with Crippen molar-refractivity contribution >= 4 is 11.9 Å². The van der Waals surface area contributed by atoms with E-state index in [1.54, 1.807) is 7.11 Å². The van der Waals surface area contributed by atoms with Gasteiger partial charge in [-0.3, -0.25) is 9.59 Å². The van der Waals surface area contributed by atoms with E-state index in [1.807, 2.05) is 24.3 Å². The zero-order valence-corrected chi connectivity index (χ0v) is 14.8. The molecular weight excluding hydrogens is 306 g/mol.